The number of halogens is 1. The summed E-state index contributed by atoms with van der Waals surface area (Å²) in [5.74, 6) is 0.670. The Bertz CT molecular complexity index is 181. The van der Waals surface area contributed by atoms with Gasteiger partial charge in [0.05, 0.1) is 6.10 Å². The largest absolute Gasteiger partial charge is 0.378 e. The van der Waals surface area contributed by atoms with Crippen LogP contribution in [0.15, 0.2) is 0 Å². The highest BCUT2D eigenvalue weighted by Gasteiger charge is 2.17. The average Bonchev–Trinajstić information content (AvgIpc) is 2.67. The highest BCUT2D eigenvalue weighted by atomic mass is 35.5. The van der Waals surface area contributed by atoms with Gasteiger partial charge in [-0.2, -0.15) is 0 Å². The predicted octanol–water partition coefficient (Wildman–Crippen LogP) is 1.64. The van der Waals surface area contributed by atoms with Crippen molar-refractivity contribution in [2.75, 3.05) is 26.1 Å². The molecule has 0 spiro atoms. The second-order valence-electron chi connectivity index (χ2n) is 3.68. The lowest BCUT2D eigenvalue weighted by Gasteiger charge is -2.16. The Labute approximate surface area is 90.4 Å². The maximum absolute atomic E-state index is 11.5. The summed E-state index contributed by atoms with van der Waals surface area (Å²) in [6, 6.07) is 0. The number of rotatable bonds is 5. The Kier molecular flexibility index (Phi) is 5.26. The van der Waals surface area contributed by atoms with Crippen molar-refractivity contribution in [1.29, 1.82) is 0 Å². The third-order valence-corrected chi connectivity index (χ3v) is 2.72. The van der Waals surface area contributed by atoms with Crippen molar-refractivity contribution in [2.45, 2.75) is 31.8 Å². The molecule has 82 valence electrons. The number of hydrogen-bond donors (Lipinski definition) is 0. The molecule has 1 aliphatic heterocycles. The topological polar surface area (TPSA) is 29.5 Å². The first kappa shape index (κ1) is 11.8. The number of nitrogens with zero attached hydrogens (tertiary/aromatic N) is 1. The minimum atomic E-state index is 0.168. The number of ether oxygens (including phenoxy) is 1. The minimum Gasteiger partial charge on any atom is -0.378 e. The quantitative estimate of drug-likeness (QED) is 0.658. The van der Waals surface area contributed by atoms with E-state index in [2.05, 4.69) is 0 Å². The normalized spacial score (nSPS) is 21.1. The van der Waals surface area contributed by atoms with Gasteiger partial charge in [-0.25, -0.2) is 0 Å². The molecular weight excluding hydrogens is 202 g/mol. The lowest BCUT2D eigenvalue weighted by atomic mass is 10.1. The van der Waals surface area contributed by atoms with Crippen molar-refractivity contribution in [3.8, 4) is 0 Å². The van der Waals surface area contributed by atoms with E-state index in [1.165, 1.54) is 0 Å². The molecule has 0 aromatic carbocycles. The Hall–Kier alpha value is -0.280. The van der Waals surface area contributed by atoms with Crippen LogP contribution in [0.3, 0.4) is 0 Å². The molecule has 1 aliphatic rings. The summed E-state index contributed by atoms with van der Waals surface area (Å²) in [4.78, 5) is 13.2. The monoisotopic (exact) mass is 219 g/mol. The van der Waals surface area contributed by atoms with E-state index in [0.717, 1.165) is 25.9 Å². The van der Waals surface area contributed by atoms with Crippen molar-refractivity contribution in [3.63, 3.8) is 0 Å². The molecule has 0 aliphatic carbocycles. The fourth-order valence-corrected chi connectivity index (χ4v) is 1.85. The van der Waals surface area contributed by atoms with Gasteiger partial charge in [-0.15, -0.1) is 11.6 Å². The van der Waals surface area contributed by atoms with Crippen molar-refractivity contribution in [2.24, 2.45) is 0 Å². The van der Waals surface area contributed by atoms with E-state index >= 15 is 0 Å². The molecule has 0 N–H and O–H groups in total. The molecule has 1 rings (SSSR count). The number of carbonyl (C=O) groups excluding carboxylic acids is 1. The number of alkyl halides is 1. The molecule has 1 amide bonds. The van der Waals surface area contributed by atoms with Gasteiger partial charge >= 0.3 is 0 Å². The molecule has 1 fully saturated rings. The van der Waals surface area contributed by atoms with Crippen LogP contribution in [-0.4, -0.2) is 43.0 Å². The molecule has 1 heterocycles. The summed E-state index contributed by atoms with van der Waals surface area (Å²) in [5, 5.41) is 0. The highest BCUT2D eigenvalue weighted by molar-refractivity contribution is 6.18. The Morgan fingerprint density at radius 3 is 3.00 bits per heavy atom. The molecule has 0 aromatic heterocycles. The van der Waals surface area contributed by atoms with Crippen LogP contribution in [-0.2, 0) is 9.53 Å². The zero-order valence-electron chi connectivity index (χ0n) is 8.67. The lowest BCUT2D eigenvalue weighted by molar-refractivity contribution is -0.130. The first-order valence-electron chi connectivity index (χ1n) is 5.15. The summed E-state index contributed by atoms with van der Waals surface area (Å²) < 4.78 is 5.45. The standard InChI is InChI=1S/C10H18ClNO2/c1-12(7-6-11)10(13)5-4-9-3-2-8-14-9/h9H,2-8H2,1H3. The molecule has 1 unspecified atom stereocenters. The Morgan fingerprint density at radius 1 is 1.64 bits per heavy atom. The van der Waals surface area contributed by atoms with Crippen LogP contribution in [0.2, 0.25) is 0 Å². The van der Waals surface area contributed by atoms with Crippen LogP contribution in [0.5, 0.6) is 0 Å². The molecule has 3 nitrogen and oxygen atoms in total. The van der Waals surface area contributed by atoms with E-state index in [0.29, 0.717) is 24.9 Å². The first-order valence-corrected chi connectivity index (χ1v) is 5.69. The van der Waals surface area contributed by atoms with Crippen LogP contribution >= 0.6 is 11.6 Å². The van der Waals surface area contributed by atoms with Gasteiger partial charge in [-0.05, 0) is 19.3 Å². The van der Waals surface area contributed by atoms with E-state index in [-0.39, 0.29) is 5.91 Å². The van der Waals surface area contributed by atoms with Gasteiger partial charge in [0.15, 0.2) is 0 Å². The zero-order chi connectivity index (χ0) is 10.4. The molecule has 4 heteroatoms. The highest BCUT2D eigenvalue weighted by Crippen LogP contribution is 2.17. The summed E-state index contributed by atoms with van der Waals surface area (Å²) in [6.45, 7) is 1.49. The van der Waals surface area contributed by atoms with Gasteiger partial charge in [0, 0.05) is 32.5 Å². The van der Waals surface area contributed by atoms with E-state index in [4.69, 9.17) is 16.3 Å². The van der Waals surface area contributed by atoms with Crippen LogP contribution in [0.4, 0.5) is 0 Å². The van der Waals surface area contributed by atoms with Crippen LogP contribution in [0.25, 0.3) is 0 Å². The zero-order valence-corrected chi connectivity index (χ0v) is 9.42. The van der Waals surface area contributed by atoms with Crippen LogP contribution < -0.4 is 0 Å². The third kappa shape index (κ3) is 3.84. The maximum atomic E-state index is 11.5. The molecular formula is C10H18ClNO2. The summed E-state index contributed by atoms with van der Waals surface area (Å²) in [5.41, 5.74) is 0. The Morgan fingerprint density at radius 2 is 2.43 bits per heavy atom. The maximum Gasteiger partial charge on any atom is 0.222 e. The van der Waals surface area contributed by atoms with Crippen LogP contribution in [0.1, 0.15) is 25.7 Å². The van der Waals surface area contributed by atoms with Crippen molar-refractivity contribution in [3.05, 3.63) is 0 Å². The second kappa shape index (κ2) is 6.25. The van der Waals surface area contributed by atoms with Gasteiger partial charge < -0.3 is 9.64 Å². The summed E-state index contributed by atoms with van der Waals surface area (Å²) in [6.07, 6.45) is 3.98. The second-order valence-corrected chi connectivity index (χ2v) is 4.06. The Balaban J connectivity index is 2.13. The van der Waals surface area contributed by atoms with Gasteiger partial charge in [-0.3, -0.25) is 4.79 Å². The molecule has 0 aromatic rings. The predicted molar refractivity (Wildman–Crippen MR) is 56.6 cm³/mol. The van der Waals surface area contributed by atoms with Crippen molar-refractivity contribution in [1.82, 2.24) is 4.90 Å². The van der Waals surface area contributed by atoms with Gasteiger partial charge in [-0.1, -0.05) is 0 Å². The van der Waals surface area contributed by atoms with E-state index < -0.39 is 0 Å². The molecule has 0 bridgehead atoms. The number of amides is 1. The number of hydrogen-bond acceptors (Lipinski definition) is 2. The first-order chi connectivity index (χ1) is 6.74. The molecule has 14 heavy (non-hydrogen) atoms. The minimum absolute atomic E-state index is 0.168. The number of carbonyl (C=O) groups is 1. The third-order valence-electron chi connectivity index (χ3n) is 2.55. The van der Waals surface area contributed by atoms with Gasteiger partial charge in [0.25, 0.3) is 0 Å². The fraction of sp³-hybridized carbons (Fsp3) is 0.900. The van der Waals surface area contributed by atoms with E-state index in [1.54, 1.807) is 11.9 Å². The molecule has 0 saturated carbocycles. The fourth-order valence-electron chi connectivity index (χ4n) is 1.60. The van der Waals surface area contributed by atoms with Gasteiger partial charge in [0.1, 0.15) is 0 Å². The summed E-state index contributed by atoms with van der Waals surface area (Å²) in [7, 11) is 1.79. The average molecular weight is 220 g/mol. The van der Waals surface area contributed by atoms with Crippen molar-refractivity contribution < 1.29 is 9.53 Å². The smallest absolute Gasteiger partial charge is 0.222 e. The lowest BCUT2D eigenvalue weighted by Crippen LogP contribution is -2.29. The van der Waals surface area contributed by atoms with Gasteiger partial charge in [0.2, 0.25) is 5.91 Å². The van der Waals surface area contributed by atoms with E-state index in [9.17, 15) is 4.79 Å². The van der Waals surface area contributed by atoms with Crippen LogP contribution in [0, 0.1) is 0 Å². The summed E-state index contributed by atoms with van der Waals surface area (Å²) >= 11 is 5.55. The SMILES string of the molecule is CN(CCCl)C(=O)CCC1CCCO1. The molecule has 1 saturated heterocycles. The molecule has 1 atom stereocenters. The van der Waals surface area contributed by atoms with E-state index in [1.807, 2.05) is 0 Å². The van der Waals surface area contributed by atoms with Crippen molar-refractivity contribution >= 4 is 17.5 Å². The molecule has 0 radical (unpaired) electrons.